The number of aromatic nitrogens is 3. The number of para-hydroxylation sites is 1. The Morgan fingerprint density at radius 1 is 1.06 bits per heavy atom. The average molecular weight is 455 g/mol. The molecule has 3 aromatic rings. The van der Waals surface area contributed by atoms with E-state index in [2.05, 4.69) is 32.5 Å². The van der Waals surface area contributed by atoms with E-state index in [1.54, 1.807) is 12.1 Å². The van der Waals surface area contributed by atoms with Gasteiger partial charge in [-0.15, -0.1) is 10.2 Å². The first-order chi connectivity index (χ1) is 15.7. The number of rotatable bonds is 8. The normalized spacial score (nSPS) is 13.9. The number of nitrogens with zero attached hydrogens (tertiary/aromatic N) is 5. The number of benzene rings is 1. The molecule has 1 N–H and O–H groups in total. The van der Waals surface area contributed by atoms with E-state index in [9.17, 15) is 9.59 Å². The Balaban J connectivity index is 1.27. The van der Waals surface area contributed by atoms with E-state index in [-0.39, 0.29) is 24.1 Å². The minimum absolute atomic E-state index is 0.0982. The van der Waals surface area contributed by atoms with Gasteiger partial charge in [0.1, 0.15) is 0 Å². The Kier molecular flexibility index (Phi) is 7.10. The number of carbonyl (C=O) groups excluding carboxylic acids is 2. The van der Waals surface area contributed by atoms with Gasteiger partial charge in [-0.05, 0) is 31.2 Å². The van der Waals surface area contributed by atoms with Crippen LogP contribution in [0.25, 0.3) is 0 Å². The minimum atomic E-state index is -0.306. The molecule has 1 aromatic carbocycles. The SMILES string of the molecule is CCn1c(CNC(=O)c2ccco2)nnc1SCC(=O)N1CCN(c2ccccc2)CC1. The fourth-order valence-corrected chi connectivity index (χ4v) is 4.52. The highest BCUT2D eigenvalue weighted by Gasteiger charge is 2.22. The Morgan fingerprint density at radius 3 is 2.53 bits per heavy atom. The molecule has 0 spiro atoms. The molecule has 9 nitrogen and oxygen atoms in total. The summed E-state index contributed by atoms with van der Waals surface area (Å²) in [6, 6.07) is 13.5. The van der Waals surface area contributed by atoms with Crippen molar-refractivity contribution in [1.82, 2.24) is 25.0 Å². The van der Waals surface area contributed by atoms with Crippen LogP contribution in [0.2, 0.25) is 0 Å². The number of hydrogen-bond donors (Lipinski definition) is 1. The lowest BCUT2D eigenvalue weighted by atomic mass is 10.2. The maximum atomic E-state index is 12.7. The highest BCUT2D eigenvalue weighted by Crippen LogP contribution is 2.20. The molecule has 4 rings (SSSR count). The second-order valence-corrected chi connectivity index (χ2v) is 8.24. The standard InChI is InChI=1S/C22H26N6O3S/c1-2-28-19(15-23-21(30)18-9-6-14-31-18)24-25-22(28)32-16-20(29)27-12-10-26(11-13-27)17-7-4-3-5-8-17/h3-9,14H,2,10-13,15-16H2,1H3,(H,23,30). The number of anilines is 1. The zero-order valence-corrected chi connectivity index (χ0v) is 18.8. The molecular weight excluding hydrogens is 428 g/mol. The van der Waals surface area contributed by atoms with Gasteiger partial charge in [0.15, 0.2) is 16.7 Å². The van der Waals surface area contributed by atoms with Crippen LogP contribution in [0.1, 0.15) is 23.3 Å². The predicted molar refractivity (Wildman–Crippen MR) is 122 cm³/mol. The lowest BCUT2D eigenvalue weighted by Gasteiger charge is -2.36. The molecule has 0 saturated carbocycles. The Bertz CT molecular complexity index is 1030. The van der Waals surface area contributed by atoms with Crippen molar-refractivity contribution in [2.24, 2.45) is 0 Å². The van der Waals surface area contributed by atoms with Crippen molar-refractivity contribution >= 4 is 29.3 Å². The van der Waals surface area contributed by atoms with Crippen molar-refractivity contribution in [2.75, 3.05) is 36.8 Å². The van der Waals surface area contributed by atoms with Crippen molar-refractivity contribution in [3.63, 3.8) is 0 Å². The molecule has 2 amide bonds. The quantitative estimate of drug-likeness (QED) is 0.522. The molecule has 3 heterocycles. The first-order valence-corrected chi connectivity index (χ1v) is 11.6. The van der Waals surface area contributed by atoms with E-state index in [0.29, 0.717) is 36.4 Å². The zero-order chi connectivity index (χ0) is 22.3. The van der Waals surface area contributed by atoms with Gasteiger partial charge in [0.05, 0.1) is 18.6 Å². The maximum absolute atomic E-state index is 12.7. The largest absolute Gasteiger partial charge is 0.459 e. The van der Waals surface area contributed by atoms with Gasteiger partial charge in [0, 0.05) is 38.4 Å². The number of hydrogen-bond acceptors (Lipinski definition) is 7. The maximum Gasteiger partial charge on any atom is 0.287 e. The van der Waals surface area contributed by atoms with Gasteiger partial charge >= 0.3 is 0 Å². The van der Waals surface area contributed by atoms with Crippen LogP contribution >= 0.6 is 11.8 Å². The number of nitrogens with one attached hydrogen (secondary N) is 1. The zero-order valence-electron chi connectivity index (χ0n) is 17.9. The molecule has 168 valence electrons. The summed E-state index contributed by atoms with van der Waals surface area (Å²) in [7, 11) is 0. The molecule has 0 unspecified atom stereocenters. The van der Waals surface area contributed by atoms with Gasteiger partial charge in [-0.3, -0.25) is 9.59 Å². The van der Waals surface area contributed by atoms with Gasteiger partial charge in [-0.2, -0.15) is 0 Å². The lowest BCUT2D eigenvalue weighted by Crippen LogP contribution is -2.49. The summed E-state index contributed by atoms with van der Waals surface area (Å²) in [5.74, 6) is 0.988. The number of amides is 2. The van der Waals surface area contributed by atoms with Crippen LogP contribution in [0.5, 0.6) is 0 Å². The predicted octanol–water partition coefficient (Wildman–Crippen LogP) is 2.26. The van der Waals surface area contributed by atoms with E-state index in [0.717, 1.165) is 13.1 Å². The number of thioether (sulfide) groups is 1. The van der Waals surface area contributed by atoms with Crippen molar-refractivity contribution in [3.05, 3.63) is 60.3 Å². The molecule has 0 atom stereocenters. The Morgan fingerprint density at radius 2 is 1.84 bits per heavy atom. The third-order valence-corrected chi connectivity index (χ3v) is 6.29. The van der Waals surface area contributed by atoms with Crippen LogP contribution in [0.3, 0.4) is 0 Å². The molecule has 1 aliphatic heterocycles. The summed E-state index contributed by atoms with van der Waals surface area (Å²) < 4.78 is 7.01. The van der Waals surface area contributed by atoms with Gasteiger partial charge in [-0.1, -0.05) is 30.0 Å². The second kappa shape index (κ2) is 10.4. The van der Waals surface area contributed by atoms with Gasteiger partial charge in [0.2, 0.25) is 5.91 Å². The summed E-state index contributed by atoms with van der Waals surface area (Å²) >= 11 is 1.38. The Hall–Kier alpha value is -3.27. The van der Waals surface area contributed by atoms with Crippen LogP contribution in [-0.4, -0.2) is 63.4 Å². The number of piperazine rings is 1. The third-order valence-electron chi connectivity index (χ3n) is 5.34. The summed E-state index contributed by atoms with van der Waals surface area (Å²) in [6.07, 6.45) is 1.46. The van der Waals surface area contributed by atoms with Crippen molar-refractivity contribution < 1.29 is 14.0 Å². The first kappa shape index (κ1) is 21.9. The smallest absolute Gasteiger partial charge is 0.287 e. The first-order valence-electron chi connectivity index (χ1n) is 10.6. The molecule has 1 fully saturated rings. The van der Waals surface area contributed by atoms with E-state index >= 15 is 0 Å². The molecule has 2 aromatic heterocycles. The molecule has 1 saturated heterocycles. The third kappa shape index (κ3) is 5.13. The van der Waals surface area contributed by atoms with Crippen molar-refractivity contribution in [3.8, 4) is 0 Å². The second-order valence-electron chi connectivity index (χ2n) is 7.30. The number of furan rings is 1. The van der Waals surface area contributed by atoms with E-state index < -0.39 is 0 Å². The number of carbonyl (C=O) groups is 2. The van der Waals surface area contributed by atoms with Crippen LogP contribution in [0, 0.1) is 0 Å². The summed E-state index contributed by atoms with van der Waals surface area (Å²) in [5.41, 5.74) is 1.19. The molecule has 10 heteroatoms. The molecule has 0 radical (unpaired) electrons. The highest BCUT2D eigenvalue weighted by atomic mass is 32.2. The summed E-state index contributed by atoms with van der Waals surface area (Å²) in [6.45, 7) is 5.92. The molecular formula is C22H26N6O3S. The van der Waals surface area contributed by atoms with Gasteiger partial charge in [0.25, 0.3) is 5.91 Å². The molecule has 32 heavy (non-hydrogen) atoms. The monoisotopic (exact) mass is 454 g/mol. The van der Waals surface area contributed by atoms with E-state index in [1.807, 2.05) is 34.6 Å². The highest BCUT2D eigenvalue weighted by molar-refractivity contribution is 7.99. The van der Waals surface area contributed by atoms with E-state index in [1.165, 1.54) is 23.7 Å². The fraction of sp³-hybridized carbons (Fsp3) is 0.364. The fourth-order valence-electron chi connectivity index (χ4n) is 3.60. The van der Waals surface area contributed by atoms with Crippen LogP contribution in [0.4, 0.5) is 5.69 Å². The van der Waals surface area contributed by atoms with Crippen LogP contribution < -0.4 is 10.2 Å². The van der Waals surface area contributed by atoms with Crippen LogP contribution in [-0.2, 0) is 17.9 Å². The van der Waals surface area contributed by atoms with Crippen molar-refractivity contribution in [1.29, 1.82) is 0 Å². The Labute approximate surface area is 190 Å². The van der Waals surface area contributed by atoms with Gasteiger partial charge < -0.3 is 24.1 Å². The molecule has 0 bridgehead atoms. The molecule has 1 aliphatic rings. The summed E-state index contributed by atoms with van der Waals surface area (Å²) in [5, 5.41) is 11.9. The molecule has 0 aliphatic carbocycles. The summed E-state index contributed by atoms with van der Waals surface area (Å²) in [4.78, 5) is 29.0. The topological polar surface area (TPSA) is 96.5 Å². The van der Waals surface area contributed by atoms with E-state index in [4.69, 9.17) is 4.42 Å². The van der Waals surface area contributed by atoms with Gasteiger partial charge in [-0.25, -0.2) is 0 Å². The lowest BCUT2D eigenvalue weighted by molar-refractivity contribution is -0.128. The minimum Gasteiger partial charge on any atom is -0.459 e. The van der Waals surface area contributed by atoms with Crippen LogP contribution in [0.15, 0.2) is 58.3 Å². The average Bonchev–Trinajstić information content (AvgIpc) is 3.51. The van der Waals surface area contributed by atoms with Crippen molar-refractivity contribution in [2.45, 2.75) is 25.2 Å².